The largest absolute Gasteiger partial charge is 0.341 e. The molecule has 0 saturated carbocycles. The Labute approximate surface area is 463 Å². The van der Waals surface area contributed by atoms with Gasteiger partial charge in [-0.25, -0.2) is 0 Å². The molecule has 11 aromatic carbocycles. The molecule has 6 aliphatic rings. The molecule has 2 nitrogen and oxygen atoms in total. The van der Waals surface area contributed by atoms with Crippen molar-refractivity contribution < 1.29 is 0 Å². The number of para-hydroxylation sites is 3. The lowest BCUT2D eigenvalue weighted by atomic mass is 9.70. The molecule has 0 N–H and O–H groups in total. The van der Waals surface area contributed by atoms with Crippen LogP contribution in [0.3, 0.4) is 0 Å². The third kappa shape index (κ3) is 5.81. The van der Waals surface area contributed by atoms with Gasteiger partial charge in [0.2, 0.25) is 0 Å². The maximum atomic E-state index is 2.57. The number of nitrogens with zero attached hydrogens (tertiary/aromatic N) is 2. The highest BCUT2D eigenvalue weighted by Crippen LogP contribution is 2.66. The van der Waals surface area contributed by atoms with E-state index >= 15 is 0 Å². The second-order valence-electron chi connectivity index (χ2n) is 23.4. The highest BCUT2D eigenvalue weighted by molar-refractivity contribution is 6.00. The van der Waals surface area contributed by atoms with E-state index < -0.39 is 10.8 Å². The summed E-state index contributed by atoms with van der Waals surface area (Å²) in [5, 5.41) is 0. The molecule has 0 bridgehead atoms. The monoisotopic (exact) mass is 1010 g/mol. The zero-order valence-corrected chi connectivity index (χ0v) is 44.7. The minimum absolute atomic E-state index is 0.145. The number of hydrogen-bond acceptors (Lipinski definition) is 2. The third-order valence-corrected chi connectivity index (χ3v) is 19.3. The van der Waals surface area contributed by atoms with Crippen LogP contribution >= 0.6 is 0 Å². The Kier molecular flexibility index (Phi) is 9.17. The first kappa shape index (κ1) is 44.8. The van der Waals surface area contributed by atoms with Gasteiger partial charge in [0.25, 0.3) is 0 Å². The third-order valence-electron chi connectivity index (χ3n) is 19.3. The summed E-state index contributed by atoms with van der Waals surface area (Å²) < 4.78 is 0. The molecule has 2 heterocycles. The summed E-state index contributed by atoms with van der Waals surface area (Å²) in [6, 6.07) is 90.7. The topological polar surface area (TPSA) is 6.48 Å². The summed E-state index contributed by atoms with van der Waals surface area (Å²) in [4.78, 5) is 5.09. The fraction of sp³-hybridized carbons (Fsp3) is 0.117. The lowest BCUT2D eigenvalue weighted by Crippen LogP contribution is -2.31. The van der Waals surface area contributed by atoms with Crippen molar-refractivity contribution in [2.75, 3.05) is 16.3 Å². The van der Waals surface area contributed by atoms with Crippen molar-refractivity contribution in [2.24, 2.45) is 0 Å². The first-order valence-electron chi connectivity index (χ1n) is 28.4. The van der Waals surface area contributed by atoms with E-state index in [9.17, 15) is 0 Å². The van der Waals surface area contributed by atoms with E-state index in [1.54, 1.807) is 0 Å². The van der Waals surface area contributed by atoms with E-state index in [1.807, 2.05) is 0 Å². The molecule has 79 heavy (non-hydrogen) atoms. The lowest BCUT2D eigenvalue weighted by molar-refractivity contribution is 0.632. The first-order valence-corrected chi connectivity index (χ1v) is 28.4. The summed E-state index contributed by atoms with van der Waals surface area (Å²) in [6.07, 6.45) is 7.01. The maximum absolute atomic E-state index is 2.57. The van der Waals surface area contributed by atoms with E-state index in [-0.39, 0.29) is 5.41 Å². The van der Waals surface area contributed by atoms with E-state index in [2.05, 4.69) is 279 Å². The van der Waals surface area contributed by atoms with Gasteiger partial charge >= 0.3 is 0 Å². The fourth-order valence-corrected chi connectivity index (χ4v) is 16.1. The van der Waals surface area contributed by atoms with Crippen molar-refractivity contribution in [1.29, 1.82) is 0 Å². The van der Waals surface area contributed by atoms with Gasteiger partial charge in [-0.05, 0) is 197 Å². The molecule has 4 aliphatic carbocycles. The number of benzene rings is 11. The van der Waals surface area contributed by atoms with Crippen LogP contribution in [-0.4, -0.2) is 6.54 Å². The van der Waals surface area contributed by atoms with Crippen molar-refractivity contribution in [1.82, 2.24) is 0 Å². The number of fused-ring (bicyclic) bond motifs is 23. The Balaban J connectivity index is 0.828. The minimum Gasteiger partial charge on any atom is -0.341 e. The van der Waals surface area contributed by atoms with Crippen LogP contribution in [0.2, 0.25) is 0 Å². The Hall–Kier alpha value is -9.24. The van der Waals surface area contributed by atoms with Crippen LogP contribution in [0, 0.1) is 6.92 Å². The lowest BCUT2D eigenvalue weighted by Gasteiger charge is -2.42. The van der Waals surface area contributed by atoms with Gasteiger partial charge in [-0.15, -0.1) is 0 Å². The van der Waals surface area contributed by atoms with Crippen LogP contribution in [-0.2, 0) is 22.7 Å². The Bertz CT molecular complexity index is 4350. The number of anilines is 5. The number of aryl methyl sites for hydroxylation is 2. The van der Waals surface area contributed by atoms with Crippen LogP contribution in [0.5, 0.6) is 0 Å². The van der Waals surface area contributed by atoms with Crippen molar-refractivity contribution in [2.45, 2.75) is 49.9 Å². The van der Waals surface area contributed by atoms with E-state index in [1.165, 1.54) is 151 Å². The van der Waals surface area contributed by atoms with Gasteiger partial charge in [-0.3, -0.25) is 0 Å². The molecule has 2 spiro atoms. The fourth-order valence-electron chi connectivity index (χ4n) is 16.1. The molecule has 0 amide bonds. The van der Waals surface area contributed by atoms with E-state index in [0.29, 0.717) is 0 Å². The summed E-state index contributed by atoms with van der Waals surface area (Å²) in [6.45, 7) is 8.08. The van der Waals surface area contributed by atoms with Crippen LogP contribution < -0.4 is 9.80 Å². The number of rotatable bonds is 4. The van der Waals surface area contributed by atoms with Crippen LogP contribution in [0.15, 0.2) is 237 Å². The molecule has 11 aromatic rings. The summed E-state index contributed by atoms with van der Waals surface area (Å²) in [5.41, 5.74) is 34.3. The molecule has 2 aliphatic heterocycles. The van der Waals surface area contributed by atoms with E-state index in [0.717, 1.165) is 19.4 Å². The molecule has 0 fully saturated rings. The minimum atomic E-state index is -0.521. The molecule has 0 unspecified atom stereocenters. The average molecular weight is 1010 g/mol. The Morgan fingerprint density at radius 3 is 1.41 bits per heavy atom. The normalized spacial score (nSPS) is 16.1. The molecular formula is C77H56N2. The van der Waals surface area contributed by atoms with Crippen LogP contribution in [0.4, 0.5) is 28.4 Å². The average Bonchev–Trinajstić information content (AvgIpc) is 2.55. The summed E-state index contributed by atoms with van der Waals surface area (Å²) in [5.74, 6) is 0. The van der Waals surface area contributed by atoms with Gasteiger partial charge in [0.05, 0.1) is 22.2 Å². The molecule has 0 aromatic heterocycles. The Morgan fingerprint density at radius 1 is 0.354 bits per heavy atom. The molecule has 17 rings (SSSR count). The maximum Gasteiger partial charge on any atom is 0.0726 e. The zero-order chi connectivity index (χ0) is 52.4. The molecular weight excluding hydrogens is 953 g/mol. The van der Waals surface area contributed by atoms with E-state index in [4.69, 9.17) is 0 Å². The van der Waals surface area contributed by atoms with Crippen molar-refractivity contribution in [3.63, 3.8) is 0 Å². The molecule has 0 saturated heterocycles. The van der Waals surface area contributed by atoms with Crippen LogP contribution in [0.1, 0.15) is 98.2 Å². The molecule has 0 atom stereocenters. The van der Waals surface area contributed by atoms with Crippen molar-refractivity contribution >= 4 is 40.6 Å². The van der Waals surface area contributed by atoms with Crippen molar-refractivity contribution in [3.8, 4) is 44.5 Å². The second-order valence-corrected chi connectivity index (χ2v) is 23.4. The predicted octanol–water partition coefficient (Wildman–Crippen LogP) is 19.0. The summed E-state index contributed by atoms with van der Waals surface area (Å²) in [7, 11) is 0. The smallest absolute Gasteiger partial charge is 0.0726 e. The quantitative estimate of drug-likeness (QED) is 0.162. The molecule has 0 radical (unpaired) electrons. The highest BCUT2D eigenvalue weighted by Gasteiger charge is 2.54. The summed E-state index contributed by atoms with van der Waals surface area (Å²) >= 11 is 0. The highest BCUT2D eigenvalue weighted by atomic mass is 15.2. The number of hydrogen-bond donors (Lipinski definition) is 0. The first-order chi connectivity index (χ1) is 38.8. The standard InChI is InChI=1S/C77H56N2/c1-48-43-50(45-70-74(48)60-41-37-52(78-42-18-20-51-19-4-15-31-71(51)78)46-69(60)77(70)63-27-11-7-23-56(63)57-24-8-12-28-64(57)77)35-34-49-36-39-58-59-40-38-53(79-72-32-16-13-29-65(72)75(2,3)66-30-14-17-33-73(66)79)47-68(59)76(67(58)44-49)61-25-9-5-21-54(61)55-22-6-10-26-62(55)76/h4-17,19,21-41,43-47H,18,20,42H2,1-3H3/b35-34+. The van der Waals surface area contributed by atoms with Crippen LogP contribution in [0.25, 0.3) is 56.7 Å². The zero-order valence-electron chi connectivity index (χ0n) is 44.7. The van der Waals surface area contributed by atoms with Gasteiger partial charge < -0.3 is 9.80 Å². The van der Waals surface area contributed by atoms with Gasteiger partial charge in [0.15, 0.2) is 0 Å². The second kappa shape index (κ2) is 16.2. The molecule has 2 heteroatoms. The van der Waals surface area contributed by atoms with Crippen molar-refractivity contribution in [3.05, 3.63) is 314 Å². The SMILES string of the molecule is Cc1cc(/C=C/c2ccc3c(c2)C2(c4ccccc4-c4ccccc42)c2cc(N4c5ccccc5C(C)(C)c5ccccc54)ccc2-3)cc2c1-c1ccc(N3CCCc4ccccc43)cc1C21c2ccccc2-c2ccccc21. The Morgan fingerprint density at radius 2 is 0.785 bits per heavy atom. The van der Waals surface area contributed by atoms with Gasteiger partial charge in [0.1, 0.15) is 0 Å². The van der Waals surface area contributed by atoms with Gasteiger partial charge in [-0.2, -0.15) is 0 Å². The molecule has 374 valence electrons. The van der Waals surface area contributed by atoms with Gasteiger partial charge in [-0.1, -0.05) is 208 Å². The van der Waals surface area contributed by atoms with Gasteiger partial charge in [0, 0.05) is 29.0 Å². The predicted molar refractivity (Wildman–Crippen MR) is 328 cm³/mol.